The van der Waals surface area contributed by atoms with Crippen LogP contribution in [0.15, 0.2) is 18.2 Å². The molecule has 0 saturated heterocycles. The highest BCUT2D eigenvalue weighted by Crippen LogP contribution is 2.27. The molecule has 6 nitrogen and oxygen atoms in total. The molecule has 2 N–H and O–H groups in total. The van der Waals surface area contributed by atoms with Crippen LogP contribution < -0.4 is 14.8 Å². The van der Waals surface area contributed by atoms with Gasteiger partial charge >= 0.3 is 5.97 Å². The Morgan fingerprint density at radius 1 is 1.15 bits per heavy atom. The zero-order valence-electron chi connectivity index (χ0n) is 12.0. The molecule has 1 aromatic carbocycles. The summed E-state index contributed by atoms with van der Waals surface area (Å²) in [5.41, 5.74) is 0.314. The third-order valence-corrected chi connectivity index (χ3v) is 2.87. The van der Waals surface area contributed by atoms with Crippen LogP contribution in [-0.4, -0.2) is 37.2 Å². The Hall–Kier alpha value is -2.24. The van der Waals surface area contributed by atoms with Crippen LogP contribution >= 0.6 is 0 Å². The highest BCUT2D eigenvalue weighted by Gasteiger charge is 2.24. The second-order valence-electron chi connectivity index (χ2n) is 4.60. The van der Waals surface area contributed by atoms with Crippen LogP contribution in [0.5, 0.6) is 11.5 Å². The van der Waals surface area contributed by atoms with Crippen molar-refractivity contribution in [2.45, 2.75) is 19.9 Å². The lowest BCUT2D eigenvalue weighted by molar-refractivity contribution is -0.140. The first-order valence-corrected chi connectivity index (χ1v) is 6.16. The van der Waals surface area contributed by atoms with Crippen LogP contribution in [0.2, 0.25) is 0 Å². The lowest BCUT2D eigenvalue weighted by Crippen LogP contribution is -2.44. The van der Waals surface area contributed by atoms with Crippen LogP contribution in [0.4, 0.5) is 0 Å². The second kappa shape index (κ2) is 6.79. The number of carboxylic acids is 1. The summed E-state index contributed by atoms with van der Waals surface area (Å²) >= 11 is 0. The molecular weight excluding hydrogens is 262 g/mol. The van der Waals surface area contributed by atoms with E-state index >= 15 is 0 Å². The molecular formula is C14H19NO5. The van der Waals surface area contributed by atoms with E-state index in [0.29, 0.717) is 17.1 Å². The number of ether oxygens (including phenoxy) is 2. The van der Waals surface area contributed by atoms with Crippen LogP contribution in [0, 0.1) is 5.92 Å². The molecule has 0 unspecified atom stereocenters. The van der Waals surface area contributed by atoms with Crippen molar-refractivity contribution in [2.75, 3.05) is 14.2 Å². The Kier molecular flexibility index (Phi) is 5.37. The molecule has 0 bridgehead atoms. The van der Waals surface area contributed by atoms with Crippen LogP contribution in [0.3, 0.4) is 0 Å². The largest absolute Gasteiger partial charge is 0.493 e. The van der Waals surface area contributed by atoms with Crippen molar-refractivity contribution in [2.24, 2.45) is 5.92 Å². The molecule has 1 aromatic rings. The number of benzene rings is 1. The van der Waals surface area contributed by atoms with Gasteiger partial charge in [-0.15, -0.1) is 0 Å². The van der Waals surface area contributed by atoms with Gasteiger partial charge < -0.3 is 19.9 Å². The fourth-order valence-corrected chi connectivity index (χ4v) is 1.72. The normalized spacial score (nSPS) is 11.8. The molecule has 1 amide bonds. The minimum Gasteiger partial charge on any atom is -0.493 e. The lowest BCUT2D eigenvalue weighted by atomic mass is 10.0. The van der Waals surface area contributed by atoms with Crippen molar-refractivity contribution >= 4 is 11.9 Å². The Morgan fingerprint density at radius 3 is 2.20 bits per heavy atom. The Bertz CT molecular complexity index is 498. The maximum Gasteiger partial charge on any atom is 0.326 e. The first-order chi connectivity index (χ1) is 9.40. The standard InChI is InChI=1S/C14H19NO5/c1-8(2)12(14(17)18)15-13(16)9-5-6-10(19-3)11(7-9)20-4/h5-8,12H,1-4H3,(H,15,16)(H,17,18)/t12-/m0/s1. The van der Waals surface area contributed by atoms with E-state index in [1.807, 2.05) is 0 Å². The van der Waals surface area contributed by atoms with Gasteiger partial charge in [-0.05, 0) is 24.1 Å². The average molecular weight is 281 g/mol. The third-order valence-electron chi connectivity index (χ3n) is 2.87. The number of hydrogen-bond acceptors (Lipinski definition) is 4. The zero-order chi connectivity index (χ0) is 15.3. The minimum atomic E-state index is -1.06. The number of carbonyl (C=O) groups excluding carboxylic acids is 1. The number of nitrogens with one attached hydrogen (secondary N) is 1. The van der Waals surface area contributed by atoms with Gasteiger partial charge in [-0.3, -0.25) is 4.79 Å². The molecule has 0 heterocycles. The quantitative estimate of drug-likeness (QED) is 0.826. The van der Waals surface area contributed by atoms with Gasteiger partial charge in [0.15, 0.2) is 11.5 Å². The summed E-state index contributed by atoms with van der Waals surface area (Å²) in [6.07, 6.45) is 0. The van der Waals surface area contributed by atoms with Gasteiger partial charge in [-0.2, -0.15) is 0 Å². The van der Waals surface area contributed by atoms with E-state index in [-0.39, 0.29) is 5.92 Å². The van der Waals surface area contributed by atoms with Gasteiger partial charge in [-0.1, -0.05) is 13.8 Å². The van der Waals surface area contributed by atoms with Gasteiger partial charge in [0.05, 0.1) is 14.2 Å². The Labute approximate surface area is 117 Å². The molecule has 0 spiro atoms. The van der Waals surface area contributed by atoms with Crippen molar-refractivity contribution in [3.63, 3.8) is 0 Å². The monoisotopic (exact) mass is 281 g/mol. The van der Waals surface area contributed by atoms with Crippen molar-refractivity contribution in [1.82, 2.24) is 5.32 Å². The summed E-state index contributed by atoms with van der Waals surface area (Å²) in [5.74, 6) is -0.822. The summed E-state index contributed by atoms with van der Waals surface area (Å²) in [6.45, 7) is 3.46. The summed E-state index contributed by atoms with van der Waals surface area (Å²) in [7, 11) is 2.96. The van der Waals surface area contributed by atoms with Crippen molar-refractivity contribution in [1.29, 1.82) is 0 Å². The van der Waals surface area contributed by atoms with E-state index in [0.717, 1.165) is 0 Å². The molecule has 0 aliphatic carbocycles. The maximum absolute atomic E-state index is 12.1. The molecule has 0 aromatic heterocycles. The van der Waals surface area contributed by atoms with Gasteiger partial charge in [0.25, 0.3) is 5.91 Å². The molecule has 0 aliphatic heterocycles. The predicted octanol–water partition coefficient (Wildman–Crippen LogP) is 1.54. The summed E-state index contributed by atoms with van der Waals surface area (Å²) in [5, 5.41) is 11.5. The highest BCUT2D eigenvalue weighted by atomic mass is 16.5. The van der Waals surface area contributed by atoms with E-state index in [1.165, 1.54) is 20.3 Å². The number of amides is 1. The molecule has 1 rings (SSSR count). The summed E-state index contributed by atoms with van der Waals surface area (Å²) < 4.78 is 10.2. The fraction of sp³-hybridized carbons (Fsp3) is 0.429. The summed E-state index contributed by atoms with van der Waals surface area (Å²) in [4.78, 5) is 23.1. The van der Waals surface area contributed by atoms with Gasteiger partial charge in [0.1, 0.15) is 6.04 Å². The second-order valence-corrected chi connectivity index (χ2v) is 4.60. The highest BCUT2D eigenvalue weighted by molar-refractivity contribution is 5.97. The molecule has 0 radical (unpaired) electrons. The Morgan fingerprint density at radius 2 is 1.75 bits per heavy atom. The van der Waals surface area contributed by atoms with Gasteiger partial charge in [0.2, 0.25) is 0 Å². The maximum atomic E-state index is 12.1. The van der Waals surface area contributed by atoms with E-state index in [9.17, 15) is 9.59 Å². The van der Waals surface area contributed by atoms with Crippen LogP contribution in [0.25, 0.3) is 0 Å². The number of rotatable bonds is 6. The number of methoxy groups -OCH3 is 2. The van der Waals surface area contributed by atoms with Crippen molar-refractivity contribution in [3.8, 4) is 11.5 Å². The SMILES string of the molecule is COc1ccc(C(=O)N[C@H](C(=O)O)C(C)C)cc1OC. The van der Waals surface area contributed by atoms with Crippen LogP contribution in [0.1, 0.15) is 24.2 Å². The van der Waals surface area contributed by atoms with Crippen molar-refractivity contribution < 1.29 is 24.2 Å². The van der Waals surface area contributed by atoms with Gasteiger partial charge in [0, 0.05) is 5.56 Å². The third kappa shape index (κ3) is 3.63. The molecule has 20 heavy (non-hydrogen) atoms. The molecule has 0 aliphatic rings. The smallest absolute Gasteiger partial charge is 0.326 e. The number of aliphatic carboxylic acids is 1. The summed E-state index contributed by atoms with van der Waals surface area (Å²) in [6, 6.07) is 3.72. The van der Waals surface area contributed by atoms with Crippen molar-refractivity contribution in [3.05, 3.63) is 23.8 Å². The number of carbonyl (C=O) groups is 2. The lowest BCUT2D eigenvalue weighted by Gasteiger charge is -2.18. The topological polar surface area (TPSA) is 84.9 Å². The van der Waals surface area contributed by atoms with E-state index in [2.05, 4.69) is 5.32 Å². The van der Waals surface area contributed by atoms with E-state index < -0.39 is 17.9 Å². The molecule has 110 valence electrons. The average Bonchev–Trinajstić information content (AvgIpc) is 2.42. The molecule has 1 atom stereocenters. The number of hydrogen-bond donors (Lipinski definition) is 2. The molecule has 0 saturated carbocycles. The van der Waals surface area contributed by atoms with E-state index in [1.54, 1.807) is 26.0 Å². The van der Waals surface area contributed by atoms with E-state index in [4.69, 9.17) is 14.6 Å². The minimum absolute atomic E-state index is 0.211. The first-order valence-electron chi connectivity index (χ1n) is 6.16. The molecule has 6 heteroatoms. The first kappa shape index (κ1) is 15.8. The van der Waals surface area contributed by atoms with Gasteiger partial charge in [-0.25, -0.2) is 4.79 Å². The predicted molar refractivity (Wildman–Crippen MR) is 73.3 cm³/mol. The van der Waals surface area contributed by atoms with Crippen LogP contribution in [-0.2, 0) is 4.79 Å². The zero-order valence-corrected chi connectivity index (χ0v) is 12.0. The fourth-order valence-electron chi connectivity index (χ4n) is 1.72. The molecule has 0 fully saturated rings. The number of carboxylic acid groups (broad SMARTS) is 1. The Balaban J connectivity index is 2.95.